The largest absolute Gasteiger partial charge is 0.305 e. The van der Waals surface area contributed by atoms with Gasteiger partial charge in [-0.05, 0) is 54.9 Å². The number of hydrogen-bond donors (Lipinski definition) is 1. The zero-order chi connectivity index (χ0) is 13.8. The van der Waals surface area contributed by atoms with Gasteiger partial charge in [0.15, 0.2) is 0 Å². The molecule has 0 fully saturated rings. The molecule has 0 aromatic carbocycles. The quantitative estimate of drug-likeness (QED) is 0.878. The Labute approximate surface area is 123 Å². The molecule has 0 aliphatic carbocycles. The Morgan fingerprint density at radius 3 is 2.74 bits per heavy atom. The van der Waals surface area contributed by atoms with E-state index in [9.17, 15) is 0 Å². The standard InChI is InChI=1S/C15H19ClN2S/c1-4-6-18-14(12-8-17-7-5-10(12)2)15-13(16)11(3)9-19-15/h5,7-9,14,18H,4,6H2,1-3H3. The Kier molecular flexibility index (Phi) is 4.97. The van der Waals surface area contributed by atoms with Crippen molar-refractivity contribution in [2.75, 3.05) is 6.54 Å². The fourth-order valence-corrected chi connectivity index (χ4v) is 3.45. The molecule has 0 amide bonds. The first-order valence-electron chi connectivity index (χ1n) is 6.52. The first kappa shape index (κ1) is 14.5. The highest BCUT2D eigenvalue weighted by atomic mass is 35.5. The number of rotatable bonds is 5. The van der Waals surface area contributed by atoms with E-state index in [0.717, 1.165) is 23.6 Å². The molecule has 0 aliphatic heterocycles. The summed E-state index contributed by atoms with van der Waals surface area (Å²) in [5.74, 6) is 0. The van der Waals surface area contributed by atoms with E-state index in [1.54, 1.807) is 11.3 Å². The fourth-order valence-electron chi connectivity index (χ4n) is 2.06. The molecule has 1 atom stereocenters. The number of nitrogens with zero attached hydrogens (tertiary/aromatic N) is 1. The molecule has 0 spiro atoms. The van der Waals surface area contributed by atoms with E-state index in [2.05, 4.69) is 36.5 Å². The molecule has 2 aromatic heterocycles. The zero-order valence-electron chi connectivity index (χ0n) is 11.5. The highest BCUT2D eigenvalue weighted by Gasteiger charge is 2.20. The maximum atomic E-state index is 6.43. The van der Waals surface area contributed by atoms with Crippen molar-refractivity contribution in [1.82, 2.24) is 10.3 Å². The highest BCUT2D eigenvalue weighted by molar-refractivity contribution is 7.10. The minimum atomic E-state index is 0.139. The Balaban J connectivity index is 2.42. The predicted molar refractivity (Wildman–Crippen MR) is 83.2 cm³/mol. The summed E-state index contributed by atoms with van der Waals surface area (Å²) in [5, 5.41) is 6.57. The van der Waals surface area contributed by atoms with Gasteiger partial charge >= 0.3 is 0 Å². The summed E-state index contributed by atoms with van der Waals surface area (Å²) in [6.07, 6.45) is 4.86. The van der Waals surface area contributed by atoms with Gasteiger partial charge in [0.05, 0.1) is 11.1 Å². The summed E-state index contributed by atoms with van der Waals surface area (Å²) in [7, 11) is 0. The lowest BCUT2D eigenvalue weighted by Crippen LogP contribution is -2.23. The third kappa shape index (κ3) is 3.16. The van der Waals surface area contributed by atoms with E-state index < -0.39 is 0 Å². The van der Waals surface area contributed by atoms with Crippen molar-refractivity contribution in [3.63, 3.8) is 0 Å². The third-order valence-electron chi connectivity index (χ3n) is 3.18. The first-order valence-corrected chi connectivity index (χ1v) is 7.78. The third-order valence-corrected chi connectivity index (χ3v) is 4.96. The van der Waals surface area contributed by atoms with Crippen LogP contribution in [-0.4, -0.2) is 11.5 Å². The maximum Gasteiger partial charge on any atom is 0.0703 e. The van der Waals surface area contributed by atoms with Crippen LogP contribution in [0, 0.1) is 13.8 Å². The molecule has 2 heterocycles. The number of halogens is 1. The number of nitrogens with one attached hydrogen (secondary N) is 1. The summed E-state index contributed by atoms with van der Waals surface area (Å²) in [6, 6.07) is 2.18. The molecule has 102 valence electrons. The van der Waals surface area contributed by atoms with Crippen LogP contribution >= 0.6 is 22.9 Å². The van der Waals surface area contributed by atoms with E-state index in [1.807, 2.05) is 18.5 Å². The molecule has 2 rings (SSSR count). The monoisotopic (exact) mass is 294 g/mol. The number of pyridine rings is 1. The van der Waals surface area contributed by atoms with Crippen molar-refractivity contribution in [3.05, 3.63) is 50.4 Å². The summed E-state index contributed by atoms with van der Waals surface area (Å²) < 4.78 is 0. The van der Waals surface area contributed by atoms with Crippen LogP contribution in [0.5, 0.6) is 0 Å². The van der Waals surface area contributed by atoms with E-state index in [1.165, 1.54) is 16.0 Å². The molecule has 19 heavy (non-hydrogen) atoms. The molecule has 0 aliphatic rings. The van der Waals surface area contributed by atoms with Crippen molar-refractivity contribution in [3.8, 4) is 0 Å². The van der Waals surface area contributed by atoms with Gasteiger partial charge in [0.1, 0.15) is 0 Å². The minimum Gasteiger partial charge on any atom is -0.305 e. The van der Waals surface area contributed by atoms with Crippen molar-refractivity contribution in [2.45, 2.75) is 33.2 Å². The van der Waals surface area contributed by atoms with Gasteiger partial charge in [-0.25, -0.2) is 0 Å². The Bertz CT molecular complexity index is 551. The second-order valence-electron chi connectivity index (χ2n) is 4.72. The number of aryl methyl sites for hydroxylation is 2. The van der Waals surface area contributed by atoms with E-state index in [-0.39, 0.29) is 6.04 Å². The van der Waals surface area contributed by atoms with Crippen LogP contribution in [0.3, 0.4) is 0 Å². The first-order chi connectivity index (χ1) is 9.15. The fraction of sp³-hybridized carbons (Fsp3) is 0.400. The molecule has 1 unspecified atom stereocenters. The lowest BCUT2D eigenvalue weighted by molar-refractivity contribution is 0.602. The topological polar surface area (TPSA) is 24.9 Å². The predicted octanol–water partition coefficient (Wildman–Crippen LogP) is 4.50. The van der Waals surface area contributed by atoms with Gasteiger partial charge < -0.3 is 5.32 Å². The second kappa shape index (κ2) is 6.51. The molecule has 0 saturated heterocycles. The van der Waals surface area contributed by atoms with Crippen molar-refractivity contribution >= 4 is 22.9 Å². The van der Waals surface area contributed by atoms with Gasteiger partial charge in [-0.1, -0.05) is 18.5 Å². The number of aromatic nitrogens is 1. The van der Waals surface area contributed by atoms with E-state index in [0.29, 0.717) is 0 Å². The van der Waals surface area contributed by atoms with Gasteiger partial charge in [-0.2, -0.15) is 0 Å². The van der Waals surface area contributed by atoms with Crippen LogP contribution < -0.4 is 5.32 Å². The van der Waals surface area contributed by atoms with Crippen LogP contribution in [-0.2, 0) is 0 Å². The molecule has 1 N–H and O–H groups in total. The highest BCUT2D eigenvalue weighted by Crippen LogP contribution is 2.36. The smallest absolute Gasteiger partial charge is 0.0703 e. The average Bonchev–Trinajstić information content (AvgIpc) is 2.73. The minimum absolute atomic E-state index is 0.139. The summed E-state index contributed by atoms with van der Waals surface area (Å²) in [4.78, 5) is 5.44. The molecular formula is C15H19ClN2S. The van der Waals surface area contributed by atoms with Gasteiger partial charge in [0.25, 0.3) is 0 Å². The molecule has 4 heteroatoms. The number of thiophene rings is 1. The number of hydrogen-bond acceptors (Lipinski definition) is 3. The van der Waals surface area contributed by atoms with Gasteiger partial charge in [0.2, 0.25) is 0 Å². The van der Waals surface area contributed by atoms with Crippen molar-refractivity contribution in [2.24, 2.45) is 0 Å². The van der Waals surface area contributed by atoms with Crippen LogP contribution in [0.1, 0.15) is 41.0 Å². The molecule has 2 nitrogen and oxygen atoms in total. The molecule has 0 bridgehead atoms. The van der Waals surface area contributed by atoms with Crippen LogP contribution in [0.25, 0.3) is 0 Å². The van der Waals surface area contributed by atoms with Crippen LogP contribution in [0.4, 0.5) is 0 Å². The van der Waals surface area contributed by atoms with Gasteiger partial charge in [-0.15, -0.1) is 11.3 Å². The van der Waals surface area contributed by atoms with Gasteiger partial charge in [0, 0.05) is 17.3 Å². The molecular weight excluding hydrogens is 276 g/mol. The zero-order valence-corrected chi connectivity index (χ0v) is 13.1. The second-order valence-corrected chi connectivity index (χ2v) is 6.01. The average molecular weight is 295 g/mol. The summed E-state index contributed by atoms with van der Waals surface area (Å²) in [6.45, 7) is 7.30. The molecule has 2 aromatic rings. The maximum absolute atomic E-state index is 6.43. The van der Waals surface area contributed by atoms with E-state index in [4.69, 9.17) is 11.6 Å². The summed E-state index contributed by atoms with van der Waals surface area (Å²) >= 11 is 8.15. The Morgan fingerprint density at radius 1 is 1.37 bits per heavy atom. The Hall–Kier alpha value is -0.900. The van der Waals surface area contributed by atoms with E-state index >= 15 is 0 Å². The van der Waals surface area contributed by atoms with Crippen molar-refractivity contribution in [1.29, 1.82) is 0 Å². The normalized spacial score (nSPS) is 12.6. The SMILES string of the molecule is CCCNC(c1cnccc1C)c1scc(C)c1Cl. The Morgan fingerprint density at radius 2 is 2.16 bits per heavy atom. The molecule has 0 saturated carbocycles. The lowest BCUT2D eigenvalue weighted by atomic mass is 10.0. The molecule has 0 radical (unpaired) electrons. The summed E-state index contributed by atoms with van der Waals surface area (Å²) in [5.41, 5.74) is 3.59. The van der Waals surface area contributed by atoms with Crippen molar-refractivity contribution < 1.29 is 0 Å². The van der Waals surface area contributed by atoms with Crippen LogP contribution in [0.15, 0.2) is 23.8 Å². The lowest BCUT2D eigenvalue weighted by Gasteiger charge is -2.20. The van der Waals surface area contributed by atoms with Crippen LogP contribution in [0.2, 0.25) is 5.02 Å². The van der Waals surface area contributed by atoms with Gasteiger partial charge in [-0.3, -0.25) is 4.98 Å².